The number of fused-ring (bicyclic) bond motifs is 1. The predicted octanol–water partition coefficient (Wildman–Crippen LogP) is 3.44. The number of carbonyl (C=O) groups excluding carboxylic acids is 1. The maximum atomic E-state index is 13.2. The van der Waals surface area contributed by atoms with Crippen LogP contribution in [0.4, 0.5) is 0 Å². The topological polar surface area (TPSA) is 84.9 Å². The summed E-state index contributed by atoms with van der Waals surface area (Å²) in [4.78, 5) is 13.3. The molecule has 1 amide bonds. The quantitative estimate of drug-likeness (QED) is 0.724. The van der Waals surface area contributed by atoms with Crippen molar-refractivity contribution in [1.29, 1.82) is 0 Å². The Balaban J connectivity index is 1.23. The summed E-state index contributed by atoms with van der Waals surface area (Å²) in [5.74, 6) is 0.896. The Bertz CT molecular complexity index is 1110. The van der Waals surface area contributed by atoms with Gasteiger partial charge in [0.1, 0.15) is 0 Å². The van der Waals surface area contributed by atoms with Gasteiger partial charge >= 0.3 is 0 Å². The zero-order chi connectivity index (χ0) is 22.9. The zero-order valence-electron chi connectivity index (χ0n) is 18.7. The van der Waals surface area contributed by atoms with Crippen LogP contribution in [0.3, 0.4) is 0 Å². The normalized spacial score (nSPS) is 21.0. The molecule has 2 fully saturated rings. The Morgan fingerprint density at radius 1 is 0.939 bits per heavy atom. The number of sulfonamides is 1. The summed E-state index contributed by atoms with van der Waals surface area (Å²) in [6.45, 7) is 1.71. The van der Waals surface area contributed by atoms with Gasteiger partial charge in [-0.3, -0.25) is 4.79 Å². The number of piperidine rings is 1. The van der Waals surface area contributed by atoms with Crippen molar-refractivity contribution in [2.45, 2.75) is 49.0 Å². The van der Waals surface area contributed by atoms with Crippen LogP contribution in [0.25, 0.3) is 0 Å². The molecule has 8 heteroatoms. The minimum atomic E-state index is -3.66. The van der Waals surface area contributed by atoms with Crippen molar-refractivity contribution in [2.24, 2.45) is 5.92 Å². The zero-order valence-corrected chi connectivity index (χ0v) is 19.5. The molecule has 5 rings (SSSR count). The van der Waals surface area contributed by atoms with E-state index in [0.717, 1.165) is 31.2 Å². The molecule has 2 heterocycles. The highest BCUT2D eigenvalue weighted by Gasteiger charge is 2.42. The number of ether oxygens (including phenoxy) is 2. The monoisotopic (exact) mass is 470 g/mol. The molecule has 176 valence electrons. The van der Waals surface area contributed by atoms with Crippen molar-refractivity contribution in [1.82, 2.24) is 9.62 Å². The van der Waals surface area contributed by atoms with Crippen LogP contribution in [0.5, 0.6) is 11.5 Å². The molecule has 0 spiro atoms. The molecule has 0 aromatic heterocycles. The van der Waals surface area contributed by atoms with E-state index in [1.165, 1.54) is 4.31 Å². The maximum absolute atomic E-state index is 13.2. The van der Waals surface area contributed by atoms with Gasteiger partial charge in [-0.15, -0.1) is 0 Å². The summed E-state index contributed by atoms with van der Waals surface area (Å²) >= 11 is 0. The second-order valence-electron chi connectivity index (χ2n) is 9.13. The van der Waals surface area contributed by atoms with Crippen LogP contribution in [0.1, 0.15) is 44.1 Å². The average Bonchev–Trinajstić information content (AvgIpc) is 3.07. The molecule has 1 N–H and O–H groups in total. The number of hydrogen-bond donors (Lipinski definition) is 1. The lowest BCUT2D eigenvalue weighted by atomic mass is 9.71. The molecule has 7 nitrogen and oxygen atoms in total. The van der Waals surface area contributed by atoms with Crippen LogP contribution in [0, 0.1) is 5.92 Å². The van der Waals surface area contributed by atoms with Crippen molar-refractivity contribution in [3.05, 3.63) is 54.1 Å². The lowest BCUT2D eigenvalue weighted by Crippen LogP contribution is -2.53. The lowest BCUT2D eigenvalue weighted by Gasteiger charge is -2.44. The Morgan fingerprint density at radius 3 is 2.30 bits per heavy atom. The van der Waals surface area contributed by atoms with Gasteiger partial charge in [-0.05, 0) is 49.8 Å². The number of amides is 1. The van der Waals surface area contributed by atoms with E-state index in [1.54, 1.807) is 18.2 Å². The standard InChI is InChI=1S/C25H30N2O5S/c28-24(26-25(12-4-13-25)20-6-2-1-3-7-20)19-10-14-27(15-11-19)33(29,30)21-8-9-22-23(18-21)32-17-5-16-31-22/h1-3,6-9,18-19H,4-5,10-17H2,(H,26,28). The van der Waals surface area contributed by atoms with Crippen LogP contribution >= 0.6 is 0 Å². The summed E-state index contributed by atoms with van der Waals surface area (Å²) in [7, 11) is -3.66. The molecule has 33 heavy (non-hydrogen) atoms. The molecular weight excluding hydrogens is 440 g/mol. The first-order valence-electron chi connectivity index (χ1n) is 11.8. The molecule has 0 radical (unpaired) electrons. The van der Waals surface area contributed by atoms with Crippen LogP contribution in [0.2, 0.25) is 0 Å². The van der Waals surface area contributed by atoms with Gasteiger partial charge < -0.3 is 14.8 Å². The summed E-state index contributed by atoms with van der Waals surface area (Å²) in [5.41, 5.74) is 0.880. The third-order valence-electron chi connectivity index (χ3n) is 7.08. The Morgan fingerprint density at radius 2 is 1.64 bits per heavy atom. The highest BCUT2D eigenvalue weighted by atomic mass is 32.2. The van der Waals surface area contributed by atoms with Gasteiger partial charge in [0.2, 0.25) is 15.9 Å². The molecule has 2 aromatic rings. The van der Waals surface area contributed by atoms with Gasteiger partial charge in [-0.25, -0.2) is 8.42 Å². The van der Waals surface area contributed by atoms with E-state index in [-0.39, 0.29) is 22.3 Å². The summed E-state index contributed by atoms with van der Waals surface area (Å²) in [6.07, 6.45) is 4.78. The number of carbonyl (C=O) groups is 1. The van der Waals surface area contributed by atoms with Crippen LogP contribution in [-0.2, 0) is 20.4 Å². The van der Waals surface area contributed by atoms with Gasteiger partial charge in [0.25, 0.3) is 0 Å². The molecule has 0 bridgehead atoms. The van der Waals surface area contributed by atoms with E-state index < -0.39 is 10.0 Å². The molecule has 0 atom stereocenters. The first-order chi connectivity index (χ1) is 16.0. The van der Waals surface area contributed by atoms with Crippen molar-refractivity contribution >= 4 is 15.9 Å². The Hall–Kier alpha value is -2.58. The largest absolute Gasteiger partial charge is 0.490 e. The van der Waals surface area contributed by atoms with Gasteiger partial charge in [0, 0.05) is 31.5 Å². The van der Waals surface area contributed by atoms with Crippen molar-refractivity contribution < 1.29 is 22.7 Å². The third kappa shape index (κ3) is 4.34. The molecule has 3 aliphatic rings. The first-order valence-corrected chi connectivity index (χ1v) is 13.2. The van der Waals surface area contributed by atoms with Crippen molar-refractivity contribution in [2.75, 3.05) is 26.3 Å². The van der Waals surface area contributed by atoms with E-state index >= 15 is 0 Å². The molecule has 2 aliphatic heterocycles. The van der Waals surface area contributed by atoms with Gasteiger partial charge in [0.15, 0.2) is 11.5 Å². The maximum Gasteiger partial charge on any atom is 0.243 e. The van der Waals surface area contributed by atoms with Gasteiger partial charge in [-0.2, -0.15) is 4.31 Å². The molecule has 1 saturated carbocycles. The van der Waals surface area contributed by atoms with Crippen molar-refractivity contribution in [3.8, 4) is 11.5 Å². The molecule has 1 saturated heterocycles. The van der Waals surface area contributed by atoms with E-state index in [1.807, 2.05) is 18.2 Å². The predicted molar refractivity (Wildman–Crippen MR) is 124 cm³/mol. The number of benzene rings is 2. The molecular formula is C25H30N2O5S. The van der Waals surface area contributed by atoms with Gasteiger partial charge in [-0.1, -0.05) is 30.3 Å². The van der Waals surface area contributed by atoms with E-state index in [9.17, 15) is 13.2 Å². The van der Waals surface area contributed by atoms with E-state index in [0.29, 0.717) is 50.6 Å². The summed E-state index contributed by atoms with van der Waals surface area (Å²) in [6, 6.07) is 14.9. The SMILES string of the molecule is O=C(NC1(c2ccccc2)CCC1)C1CCN(S(=O)(=O)c2ccc3c(c2)OCCCO3)CC1. The highest BCUT2D eigenvalue weighted by molar-refractivity contribution is 7.89. The second kappa shape index (κ2) is 8.99. The molecule has 2 aromatic carbocycles. The van der Waals surface area contributed by atoms with Crippen LogP contribution in [-0.4, -0.2) is 44.9 Å². The second-order valence-corrected chi connectivity index (χ2v) is 11.1. The Kier molecular flexibility index (Phi) is 6.05. The summed E-state index contributed by atoms with van der Waals surface area (Å²) in [5, 5.41) is 3.30. The number of nitrogens with one attached hydrogen (secondary N) is 1. The Labute approximate surface area is 195 Å². The smallest absolute Gasteiger partial charge is 0.243 e. The number of hydrogen-bond acceptors (Lipinski definition) is 5. The first kappa shape index (κ1) is 22.2. The van der Waals surface area contributed by atoms with Crippen LogP contribution in [0.15, 0.2) is 53.4 Å². The van der Waals surface area contributed by atoms with Crippen LogP contribution < -0.4 is 14.8 Å². The number of nitrogens with zero attached hydrogens (tertiary/aromatic N) is 1. The van der Waals surface area contributed by atoms with E-state index in [2.05, 4.69) is 17.4 Å². The minimum absolute atomic E-state index is 0.0335. The third-order valence-corrected chi connectivity index (χ3v) is 8.97. The average molecular weight is 471 g/mol. The molecule has 1 aliphatic carbocycles. The highest BCUT2D eigenvalue weighted by Crippen LogP contribution is 2.42. The fourth-order valence-electron chi connectivity index (χ4n) is 4.92. The summed E-state index contributed by atoms with van der Waals surface area (Å²) < 4.78 is 39.2. The lowest BCUT2D eigenvalue weighted by molar-refractivity contribution is -0.129. The molecule has 0 unspecified atom stereocenters. The fourth-order valence-corrected chi connectivity index (χ4v) is 6.41. The van der Waals surface area contributed by atoms with E-state index in [4.69, 9.17) is 9.47 Å². The number of rotatable bonds is 5. The fraction of sp³-hybridized carbons (Fsp3) is 0.480. The minimum Gasteiger partial charge on any atom is -0.490 e. The van der Waals surface area contributed by atoms with Crippen molar-refractivity contribution in [3.63, 3.8) is 0 Å². The van der Waals surface area contributed by atoms with Gasteiger partial charge in [0.05, 0.1) is 23.6 Å².